The van der Waals surface area contributed by atoms with E-state index < -0.39 is 5.79 Å². The summed E-state index contributed by atoms with van der Waals surface area (Å²) in [6.07, 6.45) is 17.4. The maximum Gasteiger partial charge on any atom is 0.225 e. The van der Waals surface area contributed by atoms with Crippen LogP contribution in [0.4, 0.5) is 0 Å². The fourth-order valence-corrected chi connectivity index (χ4v) is 2.62. The summed E-state index contributed by atoms with van der Waals surface area (Å²) in [6.45, 7) is 5.62. The molecule has 1 atom stereocenters. The van der Waals surface area contributed by atoms with Crippen molar-refractivity contribution in [2.45, 2.75) is 110 Å². The van der Waals surface area contributed by atoms with Crippen LogP contribution in [0, 0.1) is 17.8 Å². The average Bonchev–Trinajstić information content (AvgIpc) is 2.45. The first kappa shape index (κ1) is 21.5. The maximum absolute atomic E-state index is 9.12. The normalized spacial score (nSPS) is 12.8. The minimum absolute atomic E-state index is 0.252. The molecular weight excluding hydrogens is 272 g/mol. The van der Waals surface area contributed by atoms with Crippen molar-refractivity contribution in [1.29, 1.82) is 0 Å². The molecule has 2 heteroatoms. The molecule has 0 bridgehead atoms. The van der Waals surface area contributed by atoms with Crippen LogP contribution in [0.15, 0.2) is 0 Å². The fraction of sp³-hybridized carbons (Fsp3) is 0.900. The molecule has 0 radical (unpaired) electrons. The topological polar surface area (TPSA) is 40.5 Å². The van der Waals surface area contributed by atoms with Crippen molar-refractivity contribution in [3.63, 3.8) is 0 Å². The third-order valence-electron chi connectivity index (χ3n) is 4.05. The molecule has 22 heavy (non-hydrogen) atoms. The Morgan fingerprint density at radius 3 is 1.59 bits per heavy atom. The fourth-order valence-electron chi connectivity index (χ4n) is 2.62. The van der Waals surface area contributed by atoms with Gasteiger partial charge in [-0.2, -0.15) is 0 Å². The minimum Gasteiger partial charge on any atom is -0.356 e. The summed E-state index contributed by atoms with van der Waals surface area (Å²) in [7, 11) is 0. The summed E-state index contributed by atoms with van der Waals surface area (Å²) in [5, 5.41) is 18.2. The van der Waals surface area contributed by atoms with Crippen LogP contribution in [0.1, 0.15) is 104 Å². The molecule has 0 aliphatic heterocycles. The Morgan fingerprint density at radius 2 is 1.18 bits per heavy atom. The molecule has 0 saturated heterocycles. The quantitative estimate of drug-likeness (QED) is 0.271. The van der Waals surface area contributed by atoms with Gasteiger partial charge >= 0.3 is 0 Å². The monoisotopic (exact) mass is 310 g/mol. The van der Waals surface area contributed by atoms with Gasteiger partial charge in [0.05, 0.1) is 0 Å². The van der Waals surface area contributed by atoms with Gasteiger partial charge in [0.15, 0.2) is 0 Å². The highest BCUT2D eigenvalue weighted by atomic mass is 16.5. The van der Waals surface area contributed by atoms with E-state index in [1.165, 1.54) is 84.0 Å². The Bertz CT molecular complexity index is 293. The zero-order valence-corrected chi connectivity index (χ0v) is 15.2. The zero-order valence-electron chi connectivity index (χ0n) is 15.2. The smallest absolute Gasteiger partial charge is 0.225 e. The lowest BCUT2D eigenvalue weighted by molar-refractivity contribution is -0.0916. The highest BCUT2D eigenvalue weighted by Crippen LogP contribution is 2.14. The first-order chi connectivity index (χ1) is 10.5. The summed E-state index contributed by atoms with van der Waals surface area (Å²) in [5.74, 6) is 3.80. The molecule has 2 nitrogen and oxygen atoms in total. The van der Waals surface area contributed by atoms with E-state index in [9.17, 15) is 0 Å². The molecule has 0 aliphatic carbocycles. The van der Waals surface area contributed by atoms with Gasteiger partial charge in [0.1, 0.15) is 0 Å². The van der Waals surface area contributed by atoms with E-state index in [2.05, 4.69) is 25.7 Å². The molecule has 0 rings (SSSR count). The summed E-state index contributed by atoms with van der Waals surface area (Å²) < 4.78 is 0. The number of unbranched alkanes of at least 4 members (excludes halogenated alkanes) is 11. The molecule has 130 valence electrons. The molecule has 1 unspecified atom stereocenters. The Balaban J connectivity index is 3.28. The van der Waals surface area contributed by atoms with Gasteiger partial charge in [-0.15, -0.1) is 0 Å². The third kappa shape index (κ3) is 17.5. The van der Waals surface area contributed by atoms with Crippen molar-refractivity contribution in [2.75, 3.05) is 0 Å². The van der Waals surface area contributed by atoms with Gasteiger partial charge in [-0.1, -0.05) is 96.8 Å². The predicted octanol–water partition coefficient (Wildman–Crippen LogP) is 5.42. The van der Waals surface area contributed by atoms with E-state index in [0.29, 0.717) is 0 Å². The van der Waals surface area contributed by atoms with Crippen molar-refractivity contribution >= 4 is 0 Å². The zero-order chi connectivity index (χ0) is 16.7. The second kappa shape index (κ2) is 14.1. The van der Waals surface area contributed by atoms with Crippen LogP contribution >= 0.6 is 0 Å². The molecule has 0 amide bonds. The predicted molar refractivity (Wildman–Crippen MR) is 95.5 cm³/mol. The van der Waals surface area contributed by atoms with E-state index in [4.69, 9.17) is 10.2 Å². The standard InChI is InChI=1S/C20H38O2/c1-4-5-6-7-8-9-10-11-12-13-14-15-16-19(2)17-18-20(3,21)22/h19,21-22H,4-16H2,1-3H3. The highest BCUT2D eigenvalue weighted by molar-refractivity contribution is 5.09. The summed E-state index contributed by atoms with van der Waals surface area (Å²) in [6, 6.07) is 0. The van der Waals surface area contributed by atoms with Crippen LogP contribution in [-0.2, 0) is 0 Å². The van der Waals surface area contributed by atoms with Gasteiger partial charge in [0.25, 0.3) is 0 Å². The van der Waals surface area contributed by atoms with Gasteiger partial charge < -0.3 is 10.2 Å². The molecule has 0 heterocycles. The second-order valence-electron chi connectivity index (χ2n) is 6.87. The number of hydrogen-bond acceptors (Lipinski definition) is 2. The van der Waals surface area contributed by atoms with E-state index in [1.54, 1.807) is 0 Å². The number of rotatable bonds is 13. The molecule has 2 N–H and O–H groups in total. The van der Waals surface area contributed by atoms with Crippen LogP contribution < -0.4 is 0 Å². The first-order valence-electron chi connectivity index (χ1n) is 9.43. The van der Waals surface area contributed by atoms with E-state index in [1.807, 2.05) is 0 Å². The first-order valence-corrected chi connectivity index (χ1v) is 9.43. The number of aliphatic hydroxyl groups is 2. The molecule has 0 saturated carbocycles. The highest BCUT2D eigenvalue weighted by Gasteiger charge is 2.09. The van der Waals surface area contributed by atoms with Crippen molar-refractivity contribution in [3.05, 3.63) is 0 Å². The van der Waals surface area contributed by atoms with E-state index in [0.717, 1.165) is 6.42 Å². The largest absolute Gasteiger partial charge is 0.356 e. The van der Waals surface area contributed by atoms with Gasteiger partial charge in [0, 0.05) is 12.8 Å². The Labute approximate surface area is 138 Å². The summed E-state index contributed by atoms with van der Waals surface area (Å²) in [5.41, 5.74) is 0. The molecule has 0 aliphatic rings. The Hall–Kier alpha value is -0.520. The minimum atomic E-state index is -1.84. The lowest BCUT2D eigenvalue weighted by Crippen LogP contribution is -2.19. The van der Waals surface area contributed by atoms with Gasteiger partial charge in [-0.25, -0.2) is 0 Å². The molecule has 0 aromatic rings. The van der Waals surface area contributed by atoms with Crippen LogP contribution in [-0.4, -0.2) is 16.0 Å². The van der Waals surface area contributed by atoms with Crippen molar-refractivity contribution < 1.29 is 10.2 Å². The molecule has 0 spiro atoms. The van der Waals surface area contributed by atoms with Crippen LogP contribution in [0.2, 0.25) is 0 Å². The van der Waals surface area contributed by atoms with Crippen molar-refractivity contribution in [1.82, 2.24) is 0 Å². The van der Waals surface area contributed by atoms with Crippen LogP contribution in [0.3, 0.4) is 0 Å². The lowest BCUT2D eigenvalue weighted by Gasteiger charge is -2.07. The van der Waals surface area contributed by atoms with Crippen LogP contribution in [0.5, 0.6) is 0 Å². The van der Waals surface area contributed by atoms with Crippen molar-refractivity contribution in [2.24, 2.45) is 5.92 Å². The molecule has 0 fully saturated rings. The van der Waals surface area contributed by atoms with E-state index >= 15 is 0 Å². The Morgan fingerprint density at radius 1 is 0.773 bits per heavy atom. The number of hydrogen-bond donors (Lipinski definition) is 2. The summed E-state index contributed by atoms with van der Waals surface area (Å²) >= 11 is 0. The maximum atomic E-state index is 9.12. The van der Waals surface area contributed by atoms with Gasteiger partial charge in [0.2, 0.25) is 5.79 Å². The van der Waals surface area contributed by atoms with Gasteiger partial charge in [-0.3, -0.25) is 0 Å². The Kier molecular flexibility index (Phi) is 13.8. The van der Waals surface area contributed by atoms with Crippen LogP contribution in [0.25, 0.3) is 0 Å². The summed E-state index contributed by atoms with van der Waals surface area (Å²) in [4.78, 5) is 0. The molecule has 0 aromatic carbocycles. The lowest BCUT2D eigenvalue weighted by atomic mass is 10.0. The average molecular weight is 311 g/mol. The molecule has 0 aromatic heterocycles. The van der Waals surface area contributed by atoms with E-state index in [-0.39, 0.29) is 5.92 Å². The second-order valence-corrected chi connectivity index (χ2v) is 6.87. The third-order valence-corrected chi connectivity index (χ3v) is 4.05. The molecular formula is C20H38O2. The van der Waals surface area contributed by atoms with Crippen molar-refractivity contribution in [3.8, 4) is 11.8 Å². The van der Waals surface area contributed by atoms with Gasteiger partial charge in [-0.05, 0) is 12.3 Å². The SMILES string of the molecule is CCCCCCCCCCCCCCC(C)C#CC(C)(O)O.